The van der Waals surface area contributed by atoms with Gasteiger partial charge in [0.05, 0.1) is 12.5 Å². The highest BCUT2D eigenvalue weighted by molar-refractivity contribution is 7.52. The Labute approximate surface area is 232 Å². The van der Waals surface area contributed by atoms with Gasteiger partial charge in [0, 0.05) is 18.8 Å². The number of halogens is 2. The maximum Gasteiger partial charge on any atom is 0.458 e. The number of esters is 1. The number of nitrogens with zero attached hydrogens (tertiary/aromatic N) is 1. The molecule has 5 atom stereocenters. The highest BCUT2D eigenvalue weighted by Crippen LogP contribution is 2.51. The number of aliphatic hydroxyl groups is 1. The first-order valence-corrected chi connectivity index (χ1v) is 14.2. The van der Waals surface area contributed by atoms with Crippen molar-refractivity contribution < 1.29 is 41.8 Å². The Morgan fingerprint density at radius 1 is 1.20 bits per heavy atom. The fourth-order valence-corrected chi connectivity index (χ4v) is 5.56. The summed E-state index contributed by atoms with van der Waals surface area (Å²) in [7, 11) is -4.51. The summed E-state index contributed by atoms with van der Waals surface area (Å²) in [5, 5.41) is 14.6. The average molecular weight is 598 g/mol. The van der Waals surface area contributed by atoms with Crippen LogP contribution < -0.4 is 20.9 Å². The van der Waals surface area contributed by atoms with E-state index in [4.69, 9.17) is 18.5 Å². The minimum absolute atomic E-state index is 0.0677. The van der Waals surface area contributed by atoms with E-state index in [0.29, 0.717) is 4.57 Å². The van der Waals surface area contributed by atoms with Crippen LogP contribution in [0.4, 0.5) is 8.78 Å². The zero-order valence-corrected chi connectivity index (χ0v) is 23.3. The predicted octanol–water partition coefficient (Wildman–Crippen LogP) is 3.11. The number of fused-ring (bicyclic) bond motifs is 1. The van der Waals surface area contributed by atoms with Crippen LogP contribution in [0.25, 0.3) is 10.8 Å². The number of alkyl halides is 2. The summed E-state index contributed by atoms with van der Waals surface area (Å²) in [4.78, 5) is 37.4. The van der Waals surface area contributed by atoms with Crippen molar-refractivity contribution in [1.29, 1.82) is 0 Å². The zero-order chi connectivity index (χ0) is 30.0. The minimum atomic E-state index is -4.51. The number of H-pyrrole nitrogens is 1. The number of nitrogens with one attached hydrogen (secondary N) is 2. The lowest BCUT2D eigenvalue weighted by Gasteiger charge is -2.27. The molecule has 0 amide bonds. The van der Waals surface area contributed by atoms with Crippen molar-refractivity contribution in [3.8, 4) is 5.75 Å². The summed E-state index contributed by atoms with van der Waals surface area (Å²) in [6.45, 7) is 2.53. The van der Waals surface area contributed by atoms with E-state index < -0.39 is 55.4 Å². The monoisotopic (exact) mass is 597 g/mol. The summed E-state index contributed by atoms with van der Waals surface area (Å²) < 4.78 is 66.8. The summed E-state index contributed by atoms with van der Waals surface area (Å²) in [5.41, 5.74) is -4.78. The molecule has 0 radical (unpaired) electrons. The summed E-state index contributed by atoms with van der Waals surface area (Å²) in [5.74, 6) is -3.86. The Morgan fingerprint density at radius 2 is 1.90 bits per heavy atom. The van der Waals surface area contributed by atoms with Gasteiger partial charge in [-0.2, -0.15) is 0 Å². The van der Waals surface area contributed by atoms with E-state index in [-0.39, 0.29) is 24.8 Å². The van der Waals surface area contributed by atoms with Crippen LogP contribution in [-0.4, -0.2) is 57.5 Å². The molecular weight excluding hydrogens is 567 g/mol. The first-order chi connectivity index (χ1) is 19.2. The van der Waals surface area contributed by atoms with Crippen LogP contribution in [0.3, 0.4) is 0 Å². The van der Waals surface area contributed by atoms with Crippen LogP contribution >= 0.6 is 7.75 Å². The van der Waals surface area contributed by atoms with E-state index in [1.54, 1.807) is 38.1 Å². The molecule has 222 valence electrons. The number of rotatable bonds is 11. The largest absolute Gasteiger partial charge is 0.463 e. The number of aromatic amines is 1. The molecule has 1 aromatic heterocycles. The molecule has 41 heavy (non-hydrogen) atoms. The van der Waals surface area contributed by atoms with Crippen molar-refractivity contribution >= 4 is 24.5 Å². The van der Waals surface area contributed by atoms with Gasteiger partial charge in [-0.1, -0.05) is 30.3 Å². The maximum absolute atomic E-state index is 15.9. The molecule has 1 saturated heterocycles. The molecule has 3 aromatic rings. The quantitative estimate of drug-likeness (QED) is 0.222. The van der Waals surface area contributed by atoms with Gasteiger partial charge in [0.15, 0.2) is 18.0 Å². The van der Waals surface area contributed by atoms with Gasteiger partial charge in [0.2, 0.25) is 0 Å². The van der Waals surface area contributed by atoms with E-state index in [1.165, 1.54) is 6.07 Å². The van der Waals surface area contributed by atoms with Gasteiger partial charge in [-0.05, 0) is 43.7 Å². The van der Waals surface area contributed by atoms with E-state index in [0.717, 1.165) is 30.0 Å². The molecule has 0 spiro atoms. The van der Waals surface area contributed by atoms with Crippen LogP contribution in [0, 0.1) is 0 Å². The topological polar surface area (TPSA) is 158 Å². The SMILES string of the molecule is CC(C)OC(=O)CCN[P@](=O)(OC[C@@]1(F)O[C@@H](n2ccc(=O)[nH]c2=O)[C@](C)(F)[C@@H]1O)Oc1ccc2ccccc2c1. The van der Waals surface area contributed by atoms with Crippen LogP contribution in [0.1, 0.15) is 33.4 Å². The summed E-state index contributed by atoms with van der Waals surface area (Å²) in [6.07, 6.45) is -4.28. The third-order valence-electron chi connectivity index (χ3n) is 6.22. The van der Waals surface area contributed by atoms with Crippen molar-refractivity contribution in [1.82, 2.24) is 14.6 Å². The highest BCUT2D eigenvalue weighted by atomic mass is 31.2. The smallest absolute Gasteiger partial charge is 0.458 e. The molecule has 1 aliphatic rings. The van der Waals surface area contributed by atoms with Gasteiger partial charge in [0.25, 0.3) is 11.4 Å². The molecule has 1 fully saturated rings. The Morgan fingerprint density at radius 3 is 2.59 bits per heavy atom. The summed E-state index contributed by atoms with van der Waals surface area (Å²) in [6, 6.07) is 12.9. The predicted molar refractivity (Wildman–Crippen MR) is 143 cm³/mol. The number of ether oxygens (including phenoxy) is 2. The fourth-order valence-electron chi connectivity index (χ4n) is 4.23. The number of aliphatic hydroxyl groups excluding tert-OH is 1. The van der Waals surface area contributed by atoms with Crippen molar-refractivity contribution in [3.05, 3.63) is 75.6 Å². The van der Waals surface area contributed by atoms with Gasteiger partial charge in [-0.15, -0.1) is 0 Å². The Balaban J connectivity index is 1.56. The first kappa shape index (κ1) is 30.5. The number of carbonyl (C=O) groups excluding carboxylic acids is 1. The number of benzene rings is 2. The number of hydrogen-bond donors (Lipinski definition) is 3. The van der Waals surface area contributed by atoms with Crippen molar-refractivity contribution in [3.63, 3.8) is 0 Å². The molecule has 0 unspecified atom stereocenters. The molecule has 2 aromatic carbocycles. The Hall–Kier alpha value is -3.42. The molecule has 0 bridgehead atoms. The molecule has 0 aliphatic carbocycles. The molecule has 15 heteroatoms. The Bertz CT molecular complexity index is 1580. The van der Waals surface area contributed by atoms with Crippen LogP contribution in [0.5, 0.6) is 5.75 Å². The van der Waals surface area contributed by atoms with Crippen LogP contribution in [0.2, 0.25) is 0 Å². The molecule has 3 N–H and O–H groups in total. The number of carbonyl (C=O) groups is 1. The molecule has 2 heterocycles. The van der Waals surface area contributed by atoms with Crippen molar-refractivity contribution in [2.45, 2.75) is 57.2 Å². The van der Waals surface area contributed by atoms with E-state index in [2.05, 4.69) is 5.09 Å². The maximum atomic E-state index is 15.9. The Kier molecular flexibility index (Phi) is 8.81. The second-order valence-electron chi connectivity index (χ2n) is 9.90. The molecule has 1 aliphatic heterocycles. The van der Waals surface area contributed by atoms with Gasteiger partial charge in [0.1, 0.15) is 12.4 Å². The van der Waals surface area contributed by atoms with E-state index in [1.807, 2.05) is 17.1 Å². The molecule has 0 saturated carbocycles. The average Bonchev–Trinajstić information content (AvgIpc) is 3.07. The number of hydrogen-bond acceptors (Lipinski definition) is 9. The standard InChI is InChI=1S/C26H30F2N3O9P/c1-16(2)38-21(33)10-12-29-41(36,40-19-9-8-17-6-4-5-7-18(17)14-19)37-15-26(28)22(34)25(3,27)23(39-26)31-13-11-20(32)30-24(31)35/h4-9,11,13-14,16,22-23,34H,10,12,15H2,1-3H3,(H,29,36)(H,30,32,35)/t22-,23+,25+,26+,41-/m0/s1. The number of aromatic nitrogens is 2. The second-order valence-corrected chi connectivity index (χ2v) is 11.6. The van der Waals surface area contributed by atoms with Crippen LogP contribution in [-0.2, 0) is 23.4 Å². The lowest BCUT2D eigenvalue weighted by Crippen LogP contribution is -2.47. The third kappa shape index (κ3) is 6.91. The second kappa shape index (κ2) is 11.8. The molecule has 4 rings (SSSR count). The van der Waals surface area contributed by atoms with Gasteiger partial charge < -0.3 is 19.1 Å². The highest BCUT2D eigenvalue weighted by Gasteiger charge is 2.65. The van der Waals surface area contributed by atoms with Crippen molar-refractivity contribution in [2.75, 3.05) is 13.2 Å². The van der Waals surface area contributed by atoms with E-state index in [9.17, 15) is 24.1 Å². The van der Waals surface area contributed by atoms with Crippen LogP contribution in [0.15, 0.2) is 64.3 Å². The molecular formula is C26H30F2N3O9P. The fraction of sp³-hybridized carbons (Fsp3) is 0.423. The lowest BCUT2D eigenvalue weighted by molar-refractivity contribution is -0.203. The van der Waals surface area contributed by atoms with E-state index >= 15 is 8.78 Å². The minimum Gasteiger partial charge on any atom is -0.463 e. The lowest BCUT2D eigenvalue weighted by atomic mass is 9.97. The first-order valence-electron chi connectivity index (χ1n) is 12.7. The van der Waals surface area contributed by atoms with Gasteiger partial charge >= 0.3 is 19.4 Å². The molecule has 12 nitrogen and oxygen atoms in total. The van der Waals surface area contributed by atoms with Gasteiger partial charge in [-0.25, -0.2) is 23.2 Å². The third-order valence-corrected chi connectivity index (χ3v) is 7.75. The summed E-state index contributed by atoms with van der Waals surface area (Å²) >= 11 is 0. The van der Waals surface area contributed by atoms with Gasteiger partial charge in [-0.3, -0.25) is 23.7 Å². The zero-order valence-electron chi connectivity index (χ0n) is 22.4. The normalized spacial score (nSPS) is 25.7. The van der Waals surface area contributed by atoms with Crippen molar-refractivity contribution in [2.24, 2.45) is 0 Å².